The van der Waals surface area contributed by atoms with Crippen LogP contribution in [0.4, 0.5) is 22.0 Å². The summed E-state index contributed by atoms with van der Waals surface area (Å²) < 4.78 is 71.0. The number of halogens is 6. The molecule has 0 aliphatic heterocycles. The normalized spacial score (nSPS) is 15.8. The van der Waals surface area contributed by atoms with Crippen LogP contribution in [0.5, 0.6) is 0 Å². The van der Waals surface area contributed by atoms with Gasteiger partial charge in [-0.25, -0.2) is 0 Å². The largest absolute Gasteiger partial charge is 0.466 e. The van der Waals surface area contributed by atoms with E-state index in [-0.39, 0.29) is 0 Å². The monoisotopic (exact) mass is 370 g/mol. The van der Waals surface area contributed by atoms with Gasteiger partial charge in [-0.05, 0) is 29.8 Å². The van der Waals surface area contributed by atoms with E-state index in [0.29, 0.717) is 4.47 Å². The molecule has 1 atom stereocenters. The molecule has 1 aromatic carbocycles. The van der Waals surface area contributed by atoms with Crippen LogP contribution in [0.15, 0.2) is 51.6 Å². The molecule has 2 aromatic rings. The second-order valence-corrected chi connectivity index (χ2v) is 5.18. The van der Waals surface area contributed by atoms with E-state index in [0.717, 1.165) is 30.5 Å². The highest BCUT2D eigenvalue weighted by Crippen LogP contribution is 2.51. The summed E-state index contributed by atoms with van der Waals surface area (Å²) >= 11 is 3.04. The van der Waals surface area contributed by atoms with Crippen LogP contribution in [0.3, 0.4) is 0 Å². The Morgan fingerprint density at radius 3 is 1.95 bits per heavy atom. The Kier molecular flexibility index (Phi) is 3.88. The van der Waals surface area contributed by atoms with E-state index in [9.17, 15) is 27.1 Å². The van der Waals surface area contributed by atoms with Gasteiger partial charge in [0.15, 0.2) is 0 Å². The van der Waals surface area contributed by atoms with Gasteiger partial charge in [0.1, 0.15) is 5.76 Å². The maximum absolute atomic E-state index is 13.9. The van der Waals surface area contributed by atoms with Gasteiger partial charge in [0.2, 0.25) is 5.60 Å². The topological polar surface area (TPSA) is 33.4 Å². The van der Waals surface area contributed by atoms with Crippen molar-refractivity contribution in [2.75, 3.05) is 0 Å². The molecule has 1 unspecified atom stereocenters. The fraction of sp³-hybridized carbons (Fsp3) is 0.231. The predicted molar refractivity (Wildman–Crippen MR) is 66.9 cm³/mol. The fourth-order valence-corrected chi connectivity index (χ4v) is 2.12. The average molecular weight is 371 g/mol. The summed E-state index contributed by atoms with van der Waals surface area (Å²) in [6.45, 7) is 0. The second-order valence-electron chi connectivity index (χ2n) is 4.27. The van der Waals surface area contributed by atoms with Crippen LogP contribution in [-0.2, 0) is 5.60 Å². The van der Waals surface area contributed by atoms with Crippen molar-refractivity contribution in [3.8, 4) is 0 Å². The van der Waals surface area contributed by atoms with E-state index < -0.39 is 29.0 Å². The van der Waals surface area contributed by atoms with Crippen molar-refractivity contribution < 1.29 is 31.5 Å². The second kappa shape index (κ2) is 5.10. The standard InChI is InChI=1S/C13H8BrF5O2/c14-9-5-3-8(4-6-9)11(20,10-2-1-7-21-10)12(15,16)13(17,18)19/h1-7,20H. The van der Waals surface area contributed by atoms with Crippen LogP contribution < -0.4 is 0 Å². The molecule has 1 aromatic heterocycles. The number of hydrogen-bond donors (Lipinski definition) is 1. The predicted octanol–water partition coefficient (Wildman–Crippen LogP) is 4.48. The Hall–Kier alpha value is -1.41. The Balaban J connectivity index is 2.69. The highest BCUT2D eigenvalue weighted by molar-refractivity contribution is 9.10. The first kappa shape index (κ1) is 16.0. The molecule has 2 rings (SSSR count). The number of alkyl halides is 5. The molecule has 1 heterocycles. The molecule has 8 heteroatoms. The lowest BCUT2D eigenvalue weighted by Gasteiger charge is -2.35. The number of aliphatic hydroxyl groups is 1. The van der Waals surface area contributed by atoms with Gasteiger partial charge in [-0.2, -0.15) is 22.0 Å². The van der Waals surface area contributed by atoms with Gasteiger partial charge in [0, 0.05) is 4.47 Å². The molecule has 0 amide bonds. The molecule has 0 spiro atoms. The quantitative estimate of drug-likeness (QED) is 0.808. The van der Waals surface area contributed by atoms with Gasteiger partial charge in [0.25, 0.3) is 0 Å². The summed E-state index contributed by atoms with van der Waals surface area (Å²) in [5.41, 5.74) is -4.29. The van der Waals surface area contributed by atoms with E-state index in [2.05, 4.69) is 20.3 Å². The summed E-state index contributed by atoms with van der Waals surface area (Å²) in [6, 6.07) is 6.40. The first-order valence-corrected chi connectivity index (χ1v) is 6.37. The van der Waals surface area contributed by atoms with Gasteiger partial charge in [-0.15, -0.1) is 0 Å². The minimum Gasteiger partial charge on any atom is -0.466 e. The maximum atomic E-state index is 13.9. The Morgan fingerprint density at radius 2 is 1.52 bits per heavy atom. The third-order valence-electron chi connectivity index (χ3n) is 2.95. The van der Waals surface area contributed by atoms with E-state index in [1.54, 1.807) is 0 Å². The van der Waals surface area contributed by atoms with Crippen LogP contribution in [0.2, 0.25) is 0 Å². The first-order chi connectivity index (χ1) is 9.60. The van der Waals surface area contributed by atoms with Crippen LogP contribution >= 0.6 is 15.9 Å². The van der Waals surface area contributed by atoms with Crippen molar-refractivity contribution in [1.82, 2.24) is 0 Å². The van der Waals surface area contributed by atoms with E-state index in [4.69, 9.17) is 0 Å². The van der Waals surface area contributed by atoms with Crippen LogP contribution in [0, 0.1) is 0 Å². The molecule has 114 valence electrons. The van der Waals surface area contributed by atoms with Gasteiger partial charge in [-0.3, -0.25) is 0 Å². The highest BCUT2D eigenvalue weighted by Gasteiger charge is 2.72. The molecule has 0 radical (unpaired) electrons. The maximum Gasteiger partial charge on any atom is 0.457 e. The summed E-state index contributed by atoms with van der Waals surface area (Å²) in [6.07, 6.45) is -5.05. The summed E-state index contributed by atoms with van der Waals surface area (Å²) in [7, 11) is 0. The third-order valence-corrected chi connectivity index (χ3v) is 3.48. The summed E-state index contributed by atoms with van der Waals surface area (Å²) in [4.78, 5) is 0. The molecule has 1 N–H and O–H groups in total. The van der Waals surface area contributed by atoms with Gasteiger partial charge in [0.05, 0.1) is 6.26 Å². The minimum absolute atomic E-state index is 0.461. The molecule has 0 aliphatic carbocycles. The van der Waals surface area contributed by atoms with Crippen LogP contribution in [-0.4, -0.2) is 17.2 Å². The molecular formula is C13H8BrF5O2. The molecule has 0 saturated carbocycles. The molecule has 0 saturated heterocycles. The molecule has 0 aliphatic rings. The van der Waals surface area contributed by atoms with Crippen molar-refractivity contribution in [3.63, 3.8) is 0 Å². The van der Waals surface area contributed by atoms with Gasteiger partial charge < -0.3 is 9.52 Å². The average Bonchev–Trinajstić information content (AvgIpc) is 2.91. The van der Waals surface area contributed by atoms with Gasteiger partial charge in [-0.1, -0.05) is 28.1 Å². The van der Waals surface area contributed by atoms with Crippen LogP contribution in [0.25, 0.3) is 0 Å². The lowest BCUT2D eigenvalue weighted by Crippen LogP contribution is -2.55. The first-order valence-electron chi connectivity index (χ1n) is 5.57. The number of furan rings is 1. The molecule has 2 nitrogen and oxygen atoms in total. The number of benzene rings is 1. The van der Waals surface area contributed by atoms with E-state index in [1.165, 1.54) is 12.1 Å². The van der Waals surface area contributed by atoms with Crippen molar-refractivity contribution >= 4 is 15.9 Å². The van der Waals surface area contributed by atoms with Crippen molar-refractivity contribution in [2.24, 2.45) is 0 Å². The SMILES string of the molecule is OC(c1ccc(Br)cc1)(c1ccco1)C(F)(F)C(F)(F)F. The Labute approximate surface area is 124 Å². The zero-order valence-corrected chi connectivity index (χ0v) is 11.8. The number of hydrogen-bond acceptors (Lipinski definition) is 2. The van der Waals surface area contributed by atoms with Crippen molar-refractivity contribution in [3.05, 3.63) is 58.5 Å². The van der Waals surface area contributed by atoms with Crippen molar-refractivity contribution in [1.29, 1.82) is 0 Å². The summed E-state index contributed by atoms with van der Waals surface area (Å²) in [5.74, 6) is -6.33. The Morgan fingerprint density at radius 1 is 0.952 bits per heavy atom. The Bertz CT molecular complexity index is 606. The number of rotatable bonds is 3. The van der Waals surface area contributed by atoms with Gasteiger partial charge >= 0.3 is 12.1 Å². The lowest BCUT2D eigenvalue weighted by molar-refractivity contribution is -0.339. The van der Waals surface area contributed by atoms with Crippen LogP contribution in [0.1, 0.15) is 11.3 Å². The minimum atomic E-state index is -5.96. The molecular weight excluding hydrogens is 363 g/mol. The zero-order valence-electron chi connectivity index (χ0n) is 10.2. The van der Waals surface area contributed by atoms with E-state index >= 15 is 0 Å². The highest BCUT2D eigenvalue weighted by atomic mass is 79.9. The molecule has 0 fully saturated rings. The third kappa shape index (κ3) is 2.46. The smallest absolute Gasteiger partial charge is 0.457 e. The van der Waals surface area contributed by atoms with Crippen molar-refractivity contribution in [2.45, 2.75) is 17.7 Å². The zero-order chi connectivity index (χ0) is 15.9. The fourth-order valence-electron chi connectivity index (χ4n) is 1.86. The lowest BCUT2D eigenvalue weighted by atomic mass is 9.84. The summed E-state index contributed by atoms with van der Waals surface area (Å²) in [5, 5.41) is 10.2. The van der Waals surface area contributed by atoms with E-state index in [1.807, 2.05) is 0 Å². The molecule has 21 heavy (non-hydrogen) atoms. The molecule has 0 bridgehead atoms.